The van der Waals surface area contributed by atoms with Crippen molar-refractivity contribution in [2.75, 3.05) is 6.54 Å². The van der Waals surface area contributed by atoms with Crippen LogP contribution in [0.2, 0.25) is 0 Å². The Labute approximate surface area is 98.6 Å². The van der Waals surface area contributed by atoms with Crippen molar-refractivity contribution in [3.8, 4) is 5.75 Å². The number of nitrogens with two attached hydrogens (primary N) is 1. The molecule has 1 aromatic rings. The smallest absolute Gasteiger partial charge is 0.115 e. The van der Waals surface area contributed by atoms with E-state index in [9.17, 15) is 5.11 Å². The molecule has 3 heteroatoms. The van der Waals surface area contributed by atoms with Crippen LogP contribution in [0.1, 0.15) is 25.3 Å². The molecule has 1 aliphatic rings. The number of phenolic OH excluding ortho intramolecular Hbond substituents is 1. The molecule has 1 aromatic carbocycles. The molecule has 0 heterocycles. The number of rotatable bonds is 2. The van der Waals surface area contributed by atoms with Crippen LogP contribution in [0.15, 0.2) is 22.7 Å². The summed E-state index contributed by atoms with van der Waals surface area (Å²) in [6.45, 7) is 5.16. The number of hydrogen-bond donors (Lipinski definition) is 2. The number of aromatic hydroxyl groups is 1. The SMILES string of the molecule is CC1(C)C(CN)C1c1cc(O)ccc1Br. The molecule has 3 N–H and O–H groups in total. The van der Waals surface area contributed by atoms with Gasteiger partial charge in [0.05, 0.1) is 0 Å². The lowest BCUT2D eigenvalue weighted by Gasteiger charge is -2.06. The standard InChI is InChI=1S/C12H16BrNO/c1-12(2)9(6-14)11(12)8-5-7(15)3-4-10(8)13/h3-5,9,11,15H,6,14H2,1-2H3. The van der Waals surface area contributed by atoms with E-state index in [0.717, 1.165) is 4.47 Å². The van der Waals surface area contributed by atoms with Gasteiger partial charge in [0, 0.05) is 4.47 Å². The van der Waals surface area contributed by atoms with Crippen LogP contribution in [0.25, 0.3) is 0 Å². The zero-order valence-electron chi connectivity index (χ0n) is 9.00. The van der Waals surface area contributed by atoms with Crippen molar-refractivity contribution in [3.63, 3.8) is 0 Å². The summed E-state index contributed by atoms with van der Waals surface area (Å²) in [5.74, 6) is 1.31. The second-order valence-electron chi connectivity index (χ2n) is 4.85. The lowest BCUT2D eigenvalue weighted by molar-refractivity contribution is 0.474. The molecule has 0 spiro atoms. The highest BCUT2D eigenvalue weighted by molar-refractivity contribution is 9.10. The van der Waals surface area contributed by atoms with E-state index in [-0.39, 0.29) is 5.41 Å². The van der Waals surface area contributed by atoms with Crippen LogP contribution in [-0.2, 0) is 0 Å². The van der Waals surface area contributed by atoms with Crippen molar-refractivity contribution < 1.29 is 5.11 Å². The summed E-state index contributed by atoms with van der Waals surface area (Å²) in [6.07, 6.45) is 0. The first-order chi connectivity index (χ1) is 6.98. The Morgan fingerprint density at radius 2 is 2.13 bits per heavy atom. The molecular weight excluding hydrogens is 254 g/mol. The van der Waals surface area contributed by atoms with Crippen LogP contribution in [0, 0.1) is 11.3 Å². The second-order valence-corrected chi connectivity index (χ2v) is 5.70. The lowest BCUT2D eigenvalue weighted by atomic mass is 10.0. The summed E-state index contributed by atoms with van der Waals surface area (Å²) in [4.78, 5) is 0. The molecule has 82 valence electrons. The van der Waals surface area contributed by atoms with E-state index in [2.05, 4.69) is 29.8 Å². The van der Waals surface area contributed by atoms with Crippen molar-refractivity contribution >= 4 is 15.9 Å². The Bertz CT molecular complexity index is 389. The van der Waals surface area contributed by atoms with Crippen molar-refractivity contribution in [1.82, 2.24) is 0 Å². The third-order valence-electron chi connectivity index (χ3n) is 3.62. The molecule has 0 saturated heterocycles. The molecule has 0 radical (unpaired) electrons. The monoisotopic (exact) mass is 269 g/mol. The largest absolute Gasteiger partial charge is 0.508 e. The van der Waals surface area contributed by atoms with E-state index < -0.39 is 0 Å². The van der Waals surface area contributed by atoms with Gasteiger partial charge < -0.3 is 10.8 Å². The van der Waals surface area contributed by atoms with Crippen LogP contribution in [0.5, 0.6) is 5.75 Å². The molecule has 1 aliphatic carbocycles. The zero-order chi connectivity index (χ0) is 11.2. The molecule has 2 rings (SSSR count). The normalized spacial score (nSPS) is 27.7. The number of benzene rings is 1. The minimum atomic E-state index is 0.255. The summed E-state index contributed by atoms with van der Waals surface area (Å²) < 4.78 is 1.06. The van der Waals surface area contributed by atoms with Crippen LogP contribution in [0.3, 0.4) is 0 Å². The lowest BCUT2D eigenvalue weighted by Crippen LogP contribution is -2.05. The summed E-state index contributed by atoms with van der Waals surface area (Å²) in [5.41, 5.74) is 7.18. The van der Waals surface area contributed by atoms with Gasteiger partial charge in [-0.3, -0.25) is 0 Å². The van der Waals surface area contributed by atoms with Gasteiger partial charge in [0.15, 0.2) is 0 Å². The van der Waals surface area contributed by atoms with E-state index in [1.807, 2.05) is 12.1 Å². The van der Waals surface area contributed by atoms with Gasteiger partial charge in [-0.1, -0.05) is 29.8 Å². The first-order valence-corrected chi connectivity index (χ1v) is 5.96. The van der Waals surface area contributed by atoms with E-state index in [0.29, 0.717) is 24.1 Å². The molecule has 0 amide bonds. The highest BCUT2D eigenvalue weighted by atomic mass is 79.9. The van der Waals surface area contributed by atoms with Gasteiger partial charge in [0.25, 0.3) is 0 Å². The Kier molecular flexibility index (Phi) is 2.55. The maximum atomic E-state index is 9.49. The minimum absolute atomic E-state index is 0.255. The molecule has 2 nitrogen and oxygen atoms in total. The van der Waals surface area contributed by atoms with Gasteiger partial charge in [-0.2, -0.15) is 0 Å². The van der Waals surface area contributed by atoms with Gasteiger partial charge in [0.1, 0.15) is 5.75 Å². The van der Waals surface area contributed by atoms with Gasteiger partial charge >= 0.3 is 0 Å². The van der Waals surface area contributed by atoms with Crippen molar-refractivity contribution in [2.45, 2.75) is 19.8 Å². The Morgan fingerprint density at radius 3 is 2.67 bits per heavy atom. The van der Waals surface area contributed by atoms with E-state index in [1.165, 1.54) is 5.56 Å². The van der Waals surface area contributed by atoms with E-state index >= 15 is 0 Å². The highest BCUT2D eigenvalue weighted by Gasteiger charge is 2.57. The molecular formula is C12H16BrNO. The average Bonchev–Trinajstić information content (AvgIpc) is 2.72. The van der Waals surface area contributed by atoms with Crippen molar-refractivity contribution in [3.05, 3.63) is 28.2 Å². The Morgan fingerprint density at radius 1 is 1.47 bits per heavy atom. The third kappa shape index (κ3) is 1.68. The van der Waals surface area contributed by atoms with Gasteiger partial charge in [-0.05, 0) is 47.6 Å². The summed E-state index contributed by atoms with van der Waals surface area (Å²) in [5, 5.41) is 9.49. The van der Waals surface area contributed by atoms with Crippen LogP contribution < -0.4 is 5.73 Å². The van der Waals surface area contributed by atoms with Gasteiger partial charge in [-0.15, -0.1) is 0 Å². The van der Waals surface area contributed by atoms with E-state index in [1.54, 1.807) is 6.07 Å². The fourth-order valence-electron chi connectivity index (χ4n) is 2.57. The minimum Gasteiger partial charge on any atom is -0.508 e. The molecule has 2 unspecified atom stereocenters. The molecule has 0 bridgehead atoms. The van der Waals surface area contributed by atoms with Crippen molar-refractivity contribution in [1.29, 1.82) is 0 Å². The quantitative estimate of drug-likeness (QED) is 0.868. The fourth-order valence-corrected chi connectivity index (χ4v) is 3.06. The van der Waals surface area contributed by atoms with Crippen LogP contribution in [-0.4, -0.2) is 11.7 Å². The summed E-state index contributed by atoms with van der Waals surface area (Å²) >= 11 is 3.53. The average molecular weight is 270 g/mol. The highest BCUT2D eigenvalue weighted by Crippen LogP contribution is 2.65. The van der Waals surface area contributed by atoms with Crippen LogP contribution >= 0.6 is 15.9 Å². The van der Waals surface area contributed by atoms with Gasteiger partial charge in [-0.25, -0.2) is 0 Å². The topological polar surface area (TPSA) is 46.2 Å². The molecule has 15 heavy (non-hydrogen) atoms. The van der Waals surface area contributed by atoms with Crippen LogP contribution in [0.4, 0.5) is 0 Å². The summed E-state index contributed by atoms with van der Waals surface area (Å²) in [6, 6.07) is 5.43. The molecule has 2 atom stereocenters. The number of phenols is 1. The Hall–Kier alpha value is -0.540. The molecule has 0 aliphatic heterocycles. The van der Waals surface area contributed by atoms with Gasteiger partial charge in [0.2, 0.25) is 0 Å². The zero-order valence-corrected chi connectivity index (χ0v) is 10.6. The second kappa shape index (κ2) is 3.49. The fraction of sp³-hybridized carbons (Fsp3) is 0.500. The number of hydrogen-bond acceptors (Lipinski definition) is 2. The Balaban J connectivity index is 2.36. The van der Waals surface area contributed by atoms with Crippen molar-refractivity contribution in [2.24, 2.45) is 17.1 Å². The maximum Gasteiger partial charge on any atom is 0.115 e. The first-order valence-electron chi connectivity index (χ1n) is 5.17. The molecule has 0 aromatic heterocycles. The maximum absolute atomic E-state index is 9.49. The molecule has 1 saturated carbocycles. The summed E-state index contributed by atoms with van der Waals surface area (Å²) in [7, 11) is 0. The predicted octanol–water partition coefficient (Wildman–Crippen LogP) is 2.85. The molecule has 1 fully saturated rings. The first kappa shape index (κ1) is 11.0. The van der Waals surface area contributed by atoms with E-state index in [4.69, 9.17) is 5.73 Å². The predicted molar refractivity (Wildman–Crippen MR) is 64.9 cm³/mol. The third-order valence-corrected chi connectivity index (χ3v) is 4.34. The number of halogens is 1.